The van der Waals surface area contributed by atoms with Gasteiger partial charge in [0.05, 0.1) is 11.9 Å². The molecule has 2 aromatic heterocycles. The largest absolute Gasteiger partial charge is 0.244 e. The van der Waals surface area contributed by atoms with Crippen LogP contribution >= 0.6 is 11.6 Å². The Hall–Kier alpha value is -2.13. The maximum Gasteiger partial charge on any atom is 0.131 e. The summed E-state index contributed by atoms with van der Waals surface area (Å²) in [5, 5.41) is 4.80. The van der Waals surface area contributed by atoms with Crippen LogP contribution in [0.15, 0.2) is 61.1 Å². The SMILES string of the molecule is Clc1cc(-n2cc(-c3ccccc3)cn2)ccn1. The van der Waals surface area contributed by atoms with E-state index in [4.69, 9.17) is 11.6 Å². The number of rotatable bonds is 2. The summed E-state index contributed by atoms with van der Waals surface area (Å²) in [6, 6.07) is 13.8. The van der Waals surface area contributed by atoms with E-state index in [0.717, 1.165) is 16.8 Å². The van der Waals surface area contributed by atoms with Crippen LogP contribution in [0.1, 0.15) is 0 Å². The molecule has 4 heteroatoms. The first-order valence-electron chi connectivity index (χ1n) is 5.55. The van der Waals surface area contributed by atoms with Gasteiger partial charge >= 0.3 is 0 Å². The molecule has 0 spiro atoms. The van der Waals surface area contributed by atoms with Gasteiger partial charge in [-0.1, -0.05) is 41.9 Å². The summed E-state index contributed by atoms with van der Waals surface area (Å²) in [4.78, 5) is 3.95. The Kier molecular flexibility index (Phi) is 2.82. The van der Waals surface area contributed by atoms with Crippen molar-refractivity contribution in [3.8, 4) is 16.8 Å². The molecule has 0 radical (unpaired) electrons. The standard InChI is InChI=1S/C14H10ClN3/c15-14-8-13(6-7-16-14)18-10-12(9-17-18)11-4-2-1-3-5-11/h1-10H. The molecule has 0 unspecified atom stereocenters. The molecule has 0 fully saturated rings. The van der Waals surface area contributed by atoms with E-state index in [1.54, 1.807) is 16.9 Å². The van der Waals surface area contributed by atoms with Gasteiger partial charge in [-0.25, -0.2) is 9.67 Å². The Morgan fingerprint density at radius 1 is 1.00 bits per heavy atom. The van der Waals surface area contributed by atoms with Crippen molar-refractivity contribution in [1.82, 2.24) is 14.8 Å². The number of aromatic nitrogens is 3. The van der Waals surface area contributed by atoms with Crippen molar-refractivity contribution in [2.45, 2.75) is 0 Å². The number of hydrogen-bond acceptors (Lipinski definition) is 2. The molecule has 0 amide bonds. The predicted molar refractivity (Wildman–Crippen MR) is 71.8 cm³/mol. The molecule has 0 saturated heterocycles. The highest BCUT2D eigenvalue weighted by Crippen LogP contribution is 2.20. The zero-order valence-corrected chi connectivity index (χ0v) is 10.2. The minimum absolute atomic E-state index is 0.462. The fourth-order valence-corrected chi connectivity index (χ4v) is 1.95. The fourth-order valence-electron chi connectivity index (χ4n) is 1.78. The Labute approximate surface area is 110 Å². The molecule has 0 atom stereocenters. The van der Waals surface area contributed by atoms with Crippen molar-refractivity contribution in [2.24, 2.45) is 0 Å². The van der Waals surface area contributed by atoms with Crippen molar-refractivity contribution < 1.29 is 0 Å². The Bertz CT molecular complexity index is 662. The van der Waals surface area contributed by atoms with E-state index in [9.17, 15) is 0 Å². The van der Waals surface area contributed by atoms with Gasteiger partial charge in [0.2, 0.25) is 0 Å². The highest BCUT2D eigenvalue weighted by Gasteiger charge is 2.03. The first-order chi connectivity index (χ1) is 8.83. The minimum atomic E-state index is 0.462. The van der Waals surface area contributed by atoms with Crippen molar-refractivity contribution in [3.63, 3.8) is 0 Å². The lowest BCUT2D eigenvalue weighted by Gasteiger charge is -2.00. The molecule has 1 aromatic carbocycles. The Morgan fingerprint density at radius 3 is 2.61 bits per heavy atom. The lowest BCUT2D eigenvalue weighted by molar-refractivity contribution is 0.878. The average molecular weight is 256 g/mol. The summed E-state index contributed by atoms with van der Waals surface area (Å²) in [6.07, 6.45) is 5.48. The van der Waals surface area contributed by atoms with Crippen LogP contribution < -0.4 is 0 Å². The molecule has 88 valence electrons. The van der Waals surface area contributed by atoms with Crippen molar-refractivity contribution in [3.05, 3.63) is 66.2 Å². The normalized spacial score (nSPS) is 10.5. The molecule has 0 aliphatic rings. The maximum atomic E-state index is 5.87. The highest BCUT2D eigenvalue weighted by atomic mass is 35.5. The van der Waals surface area contributed by atoms with Crippen molar-refractivity contribution >= 4 is 11.6 Å². The molecule has 3 rings (SSSR count). The second-order valence-electron chi connectivity index (χ2n) is 3.88. The molecule has 3 aromatic rings. The third-order valence-electron chi connectivity index (χ3n) is 2.66. The van der Waals surface area contributed by atoms with E-state index < -0.39 is 0 Å². The second-order valence-corrected chi connectivity index (χ2v) is 4.26. The summed E-state index contributed by atoms with van der Waals surface area (Å²) >= 11 is 5.87. The fraction of sp³-hybridized carbons (Fsp3) is 0. The van der Waals surface area contributed by atoms with E-state index in [2.05, 4.69) is 22.2 Å². The van der Waals surface area contributed by atoms with Gasteiger partial charge in [0.1, 0.15) is 5.15 Å². The summed E-state index contributed by atoms with van der Waals surface area (Å²) in [5.41, 5.74) is 3.12. The summed E-state index contributed by atoms with van der Waals surface area (Å²) in [5.74, 6) is 0. The molecule has 0 bridgehead atoms. The lowest BCUT2D eigenvalue weighted by Crippen LogP contribution is -1.94. The molecule has 0 aliphatic carbocycles. The van der Waals surface area contributed by atoms with E-state index in [1.807, 2.05) is 36.7 Å². The van der Waals surface area contributed by atoms with Gasteiger partial charge in [-0.05, 0) is 11.6 Å². The van der Waals surface area contributed by atoms with Crippen LogP contribution in [0.25, 0.3) is 16.8 Å². The van der Waals surface area contributed by atoms with Crippen LogP contribution in [0.2, 0.25) is 5.15 Å². The molecule has 0 aliphatic heterocycles. The van der Waals surface area contributed by atoms with Crippen LogP contribution in [0, 0.1) is 0 Å². The second kappa shape index (κ2) is 4.63. The van der Waals surface area contributed by atoms with Crippen LogP contribution in [0.4, 0.5) is 0 Å². The summed E-state index contributed by atoms with van der Waals surface area (Å²) in [7, 11) is 0. The quantitative estimate of drug-likeness (QED) is 0.655. The molecule has 0 N–H and O–H groups in total. The van der Waals surface area contributed by atoms with Crippen LogP contribution in [0.5, 0.6) is 0 Å². The van der Waals surface area contributed by atoms with E-state index in [0.29, 0.717) is 5.15 Å². The van der Waals surface area contributed by atoms with E-state index >= 15 is 0 Å². The van der Waals surface area contributed by atoms with Gasteiger partial charge < -0.3 is 0 Å². The summed E-state index contributed by atoms with van der Waals surface area (Å²) in [6.45, 7) is 0. The van der Waals surface area contributed by atoms with Gasteiger partial charge in [-0.2, -0.15) is 5.10 Å². The minimum Gasteiger partial charge on any atom is -0.244 e. The molecule has 2 heterocycles. The highest BCUT2D eigenvalue weighted by molar-refractivity contribution is 6.29. The van der Waals surface area contributed by atoms with Gasteiger partial charge in [0.15, 0.2) is 0 Å². The number of hydrogen-bond donors (Lipinski definition) is 0. The first-order valence-corrected chi connectivity index (χ1v) is 5.93. The van der Waals surface area contributed by atoms with Crippen LogP contribution in [-0.4, -0.2) is 14.8 Å². The summed E-state index contributed by atoms with van der Waals surface area (Å²) < 4.78 is 1.79. The van der Waals surface area contributed by atoms with Crippen LogP contribution in [0.3, 0.4) is 0 Å². The van der Waals surface area contributed by atoms with Crippen LogP contribution in [-0.2, 0) is 0 Å². The molecular weight excluding hydrogens is 246 g/mol. The third-order valence-corrected chi connectivity index (χ3v) is 2.87. The van der Waals surface area contributed by atoms with E-state index in [-0.39, 0.29) is 0 Å². The van der Waals surface area contributed by atoms with Crippen molar-refractivity contribution in [2.75, 3.05) is 0 Å². The number of benzene rings is 1. The first kappa shape index (κ1) is 11.0. The number of pyridine rings is 1. The third kappa shape index (κ3) is 2.13. The lowest BCUT2D eigenvalue weighted by atomic mass is 10.1. The molecule has 0 saturated carbocycles. The van der Waals surface area contributed by atoms with Gasteiger partial charge in [-0.15, -0.1) is 0 Å². The monoisotopic (exact) mass is 255 g/mol. The van der Waals surface area contributed by atoms with Gasteiger partial charge in [0, 0.05) is 24.0 Å². The smallest absolute Gasteiger partial charge is 0.131 e. The van der Waals surface area contributed by atoms with Crippen molar-refractivity contribution in [1.29, 1.82) is 0 Å². The number of halogens is 1. The maximum absolute atomic E-state index is 5.87. The Morgan fingerprint density at radius 2 is 1.83 bits per heavy atom. The zero-order chi connectivity index (χ0) is 12.4. The van der Waals surface area contributed by atoms with Gasteiger partial charge in [-0.3, -0.25) is 0 Å². The Balaban J connectivity index is 2.00. The average Bonchev–Trinajstić information content (AvgIpc) is 2.89. The molecule has 3 nitrogen and oxygen atoms in total. The topological polar surface area (TPSA) is 30.7 Å². The van der Waals surface area contributed by atoms with Gasteiger partial charge in [0.25, 0.3) is 0 Å². The van der Waals surface area contributed by atoms with E-state index in [1.165, 1.54) is 0 Å². The molecule has 18 heavy (non-hydrogen) atoms. The molecular formula is C14H10ClN3. The zero-order valence-electron chi connectivity index (χ0n) is 9.49. The number of nitrogens with zero attached hydrogens (tertiary/aromatic N) is 3. The predicted octanol–water partition coefficient (Wildman–Crippen LogP) is 3.59.